The Morgan fingerprint density at radius 3 is 2.78 bits per heavy atom. The molecule has 2 aliphatic heterocycles. The predicted octanol–water partition coefficient (Wildman–Crippen LogP) is 1.97. The summed E-state index contributed by atoms with van der Waals surface area (Å²) in [7, 11) is -1.50. The van der Waals surface area contributed by atoms with Crippen LogP contribution in [0.1, 0.15) is 31.1 Å². The summed E-state index contributed by atoms with van der Waals surface area (Å²) < 4.78 is 33.1. The average Bonchev–Trinajstić information content (AvgIpc) is 3.32. The normalized spacial score (nSPS) is 22.5. The Hall–Kier alpha value is -1.04. The molecular formula is C16H24ClN5O3S2. The molecule has 150 valence electrons. The van der Waals surface area contributed by atoms with E-state index in [4.69, 9.17) is 4.52 Å². The SMILES string of the molecule is CN1CCNCC1c1noc(-c2sccc2S(=O)(=O)N2CCCCC2)n1.Cl. The third-order valence-electron chi connectivity index (χ3n) is 5.01. The van der Waals surface area contributed by atoms with Gasteiger partial charge in [0.25, 0.3) is 5.89 Å². The molecule has 0 aromatic carbocycles. The van der Waals surface area contributed by atoms with E-state index in [1.807, 2.05) is 7.05 Å². The van der Waals surface area contributed by atoms with E-state index in [2.05, 4.69) is 20.4 Å². The van der Waals surface area contributed by atoms with Crippen molar-refractivity contribution in [3.05, 3.63) is 17.3 Å². The maximum Gasteiger partial charge on any atom is 0.269 e. The van der Waals surface area contributed by atoms with Crippen LogP contribution in [0, 0.1) is 0 Å². The highest BCUT2D eigenvalue weighted by molar-refractivity contribution is 7.89. The van der Waals surface area contributed by atoms with Crippen molar-refractivity contribution in [1.82, 2.24) is 24.7 Å². The van der Waals surface area contributed by atoms with Crippen molar-refractivity contribution < 1.29 is 12.9 Å². The number of nitrogens with zero attached hydrogens (tertiary/aromatic N) is 4. The lowest BCUT2D eigenvalue weighted by molar-refractivity contribution is 0.190. The molecule has 4 rings (SSSR count). The van der Waals surface area contributed by atoms with Crippen molar-refractivity contribution in [2.75, 3.05) is 39.8 Å². The van der Waals surface area contributed by atoms with Crippen molar-refractivity contribution in [2.45, 2.75) is 30.2 Å². The fourth-order valence-corrected chi connectivity index (χ4v) is 6.29. The monoisotopic (exact) mass is 433 g/mol. The Bertz CT molecular complexity index is 863. The molecule has 8 nitrogen and oxygen atoms in total. The number of rotatable bonds is 4. The maximum atomic E-state index is 13.0. The van der Waals surface area contributed by atoms with Crippen LogP contribution in [0.5, 0.6) is 0 Å². The second kappa shape index (κ2) is 8.54. The highest BCUT2D eigenvalue weighted by Gasteiger charge is 2.32. The molecule has 4 heterocycles. The van der Waals surface area contributed by atoms with E-state index in [1.54, 1.807) is 15.8 Å². The van der Waals surface area contributed by atoms with Crippen LogP contribution in [0.15, 0.2) is 20.9 Å². The summed E-state index contributed by atoms with van der Waals surface area (Å²) in [6, 6.07) is 1.67. The van der Waals surface area contributed by atoms with Gasteiger partial charge in [-0.05, 0) is 31.3 Å². The van der Waals surface area contributed by atoms with Crippen molar-refractivity contribution in [3.63, 3.8) is 0 Å². The first-order chi connectivity index (χ1) is 12.6. The lowest BCUT2D eigenvalue weighted by atomic mass is 10.2. The van der Waals surface area contributed by atoms with Crippen molar-refractivity contribution in [3.8, 4) is 10.8 Å². The molecule has 1 unspecified atom stereocenters. The minimum absolute atomic E-state index is 0. The molecule has 1 N–H and O–H groups in total. The molecule has 2 aromatic heterocycles. The second-order valence-electron chi connectivity index (χ2n) is 6.74. The van der Waals surface area contributed by atoms with Crippen LogP contribution in [0.25, 0.3) is 10.8 Å². The van der Waals surface area contributed by atoms with Crippen LogP contribution in [0.3, 0.4) is 0 Å². The van der Waals surface area contributed by atoms with E-state index in [9.17, 15) is 8.42 Å². The molecule has 2 saturated heterocycles. The van der Waals surface area contributed by atoms with Gasteiger partial charge in [-0.3, -0.25) is 4.90 Å². The number of nitrogens with one attached hydrogen (secondary N) is 1. The number of piperazine rings is 1. The third kappa shape index (κ3) is 4.06. The Labute approximate surface area is 169 Å². The number of aromatic nitrogens is 2. The van der Waals surface area contributed by atoms with Gasteiger partial charge in [0.2, 0.25) is 10.0 Å². The molecule has 0 aliphatic carbocycles. The van der Waals surface area contributed by atoms with Gasteiger partial charge in [0.15, 0.2) is 5.82 Å². The Morgan fingerprint density at radius 1 is 1.26 bits per heavy atom. The zero-order valence-electron chi connectivity index (χ0n) is 15.1. The molecule has 0 radical (unpaired) electrons. The first-order valence-corrected chi connectivity index (χ1v) is 11.2. The third-order valence-corrected chi connectivity index (χ3v) is 7.98. The smallest absolute Gasteiger partial charge is 0.269 e. The molecule has 2 aliphatic rings. The summed E-state index contributed by atoms with van der Waals surface area (Å²) in [6.07, 6.45) is 2.90. The Balaban J connectivity index is 0.00000210. The van der Waals surface area contributed by atoms with Crippen LogP contribution < -0.4 is 5.32 Å². The van der Waals surface area contributed by atoms with Gasteiger partial charge in [0.05, 0.1) is 6.04 Å². The van der Waals surface area contributed by atoms with E-state index in [-0.39, 0.29) is 29.2 Å². The minimum Gasteiger partial charge on any atom is -0.333 e. The molecule has 27 heavy (non-hydrogen) atoms. The van der Waals surface area contributed by atoms with Crippen LogP contribution in [0.4, 0.5) is 0 Å². The number of halogens is 1. The highest BCUT2D eigenvalue weighted by Crippen LogP contribution is 2.35. The van der Waals surface area contributed by atoms with Gasteiger partial charge in [0.1, 0.15) is 9.77 Å². The topological polar surface area (TPSA) is 91.6 Å². The largest absolute Gasteiger partial charge is 0.333 e. The molecular weight excluding hydrogens is 410 g/mol. The zero-order chi connectivity index (χ0) is 18.1. The summed E-state index contributed by atoms with van der Waals surface area (Å²) in [6.45, 7) is 3.73. The number of hydrogen-bond donors (Lipinski definition) is 1. The quantitative estimate of drug-likeness (QED) is 0.787. The van der Waals surface area contributed by atoms with Crippen molar-refractivity contribution >= 4 is 33.8 Å². The molecule has 0 saturated carbocycles. The minimum atomic E-state index is -3.53. The van der Waals surface area contributed by atoms with Gasteiger partial charge in [-0.25, -0.2) is 8.42 Å². The maximum absolute atomic E-state index is 13.0. The zero-order valence-corrected chi connectivity index (χ0v) is 17.6. The molecule has 0 bridgehead atoms. The van der Waals surface area contributed by atoms with Gasteiger partial charge in [-0.15, -0.1) is 23.7 Å². The number of likely N-dealkylation sites (N-methyl/N-ethyl adjacent to an activating group) is 1. The molecule has 1 atom stereocenters. The van der Waals surface area contributed by atoms with Gasteiger partial charge in [0, 0.05) is 32.7 Å². The molecule has 2 aromatic rings. The lowest BCUT2D eigenvalue weighted by Gasteiger charge is -2.30. The van der Waals surface area contributed by atoms with E-state index in [1.165, 1.54) is 11.3 Å². The van der Waals surface area contributed by atoms with Crippen LogP contribution in [-0.2, 0) is 10.0 Å². The Morgan fingerprint density at radius 2 is 2.04 bits per heavy atom. The highest BCUT2D eigenvalue weighted by atomic mass is 35.5. The molecule has 0 spiro atoms. The van der Waals surface area contributed by atoms with Crippen molar-refractivity contribution in [2.24, 2.45) is 0 Å². The van der Waals surface area contributed by atoms with E-state index < -0.39 is 10.0 Å². The summed E-state index contributed by atoms with van der Waals surface area (Å²) in [5.74, 6) is 0.869. The standard InChI is InChI=1S/C16H23N5O3S2.ClH/c1-20-9-6-17-11-12(20)15-18-16(24-19-15)14-13(5-10-25-14)26(22,23)21-7-3-2-4-8-21;/h5,10,12,17H,2-4,6-9,11H2,1H3;1H. The van der Waals surface area contributed by atoms with Gasteiger partial charge < -0.3 is 9.84 Å². The first-order valence-electron chi connectivity index (χ1n) is 8.90. The second-order valence-corrected chi connectivity index (χ2v) is 9.56. The summed E-state index contributed by atoms with van der Waals surface area (Å²) in [5.41, 5.74) is 0. The van der Waals surface area contributed by atoms with E-state index in [0.717, 1.165) is 38.9 Å². The average molecular weight is 434 g/mol. The van der Waals surface area contributed by atoms with E-state index >= 15 is 0 Å². The number of sulfonamides is 1. The lowest BCUT2D eigenvalue weighted by Crippen LogP contribution is -2.44. The fourth-order valence-electron chi connectivity index (χ4n) is 3.46. The predicted molar refractivity (Wildman–Crippen MR) is 106 cm³/mol. The first kappa shape index (κ1) is 20.7. The molecule has 0 amide bonds. The molecule has 11 heteroatoms. The van der Waals surface area contributed by atoms with Gasteiger partial charge in [-0.2, -0.15) is 9.29 Å². The number of thiophene rings is 1. The summed E-state index contributed by atoms with van der Waals surface area (Å²) in [4.78, 5) is 7.49. The van der Waals surface area contributed by atoms with Crippen LogP contribution >= 0.6 is 23.7 Å². The van der Waals surface area contributed by atoms with Gasteiger partial charge >= 0.3 is 0 Å². The number of piperidine rings is 1. The van der Waals surface area contributed by atoms with E-state index in [0.29, 0.717) is 23.8 Å². The fraction of sp³-hybridized carbons (Fsp3) is 0.625. The summed E-state index contributed by atoms with van der Waals surface area (Å²) in [5, 5.41) is 9.20. The van der Waals surface area contributed by atoms with Crippen LogP contribution in [0.2, 0.25) is 0 Å². The molecule has 2 fully saturated rings. The van der Waals surface area contributed by atoms with Crippen LogP contribution in [-0.4, -0.2) is 67.5 Å². The van der Waals surface area contributed by atoms with Crippen molar-refractivity contribution in [1.29, 1.82) is 0 Å². The Kier molecular flexibility index (Phi) is 6.54. The number of hydrogen-bond acceptors (Lipinski definition) is 8. The summed E-state index contributed by atoms with van der Waals surface area (Å²) >= 11 is 1.32. The van der Waals surface area contributed by atoms with Gasteiger partial charge in [-0.1, -0.05) is 11.6 Å².